The number of aliphatic carboxylic acids is 1. The minimum Gasteiger partial charge on any atom is -0.480 e. The summed E-state index contributed by atoms with van der Waals surface area (Å²) in [4.78, 5) is 33.7. The van der Waals surface area contributed by atoms with Crippen LogP contribution in [0.3, 0.4) is 0 Å². The van der Waals surface area contributed by atoms with Crippen LogP contribution in [-0.4, -0.2) is 26.7 Å². The summed E-state index contributed by atoms with van der Waals surface area (Å²) in [7, 11) is 0. The van der Waals surface area contributed by atoms with Crippen molar-refractivity contribution in [3.8, 4) is 0 Å². The van der Waals surface area contributed by atoms with Gasteiger partial charge in [-0.05, 0) is 24.6 Å². The second kappa shape index (κ2) is 4.60. The van der Waals surface area contributed by atoms with Crippen LogP contribution >= 0.6 is 0 Å². The standard InChI is InChI=1S/C12H11NO6/c1-2-7(11(16)17)13-8-5-6(10(14)15)3-4-9(8)19-12(13)18/h3-5,7H,2H2,1H3,(H,14,15)(H,16,17). The molecule has 0 aliphatic heterocycles. The summed E-state index contributed by atoms with van der Waals surface area (Å²) >= 11 is 0. The molecule has 19 heavy (non-hydrogen) atoms. The minimum absolute atomic E-state index is 0.0395. The van der Waals surface area contributed by atoms with Gasteiger partial charge >= 0.3 is 17.7 Å². The Morgan fingerprint density at radius 1 is 1.37 bits per heavy atom. The quantitative estimate of drug-likeness (QED) is 0.862. The normalized spacial score (nSPS) is 12.5. The molecule has 2 rings (SSSR count). The number of rotatable bonds is 4. The van der Waals surface area contributed by atoms with Crippen molar-refractivity contribution >= 4 is 23.0 Å². The fraction of sp³-hybridized carbons (Fsp3) is 0.250. The first-order chi connectivity index (χ1) is 8.95. The minimum atomic E-state index is -1.17. The highest BCUT2D eigenvalue weighted by Crippen LogP contribution is 2.20. The molecule has 0 aliphatic rings. The van der Waals surface area contributed by atoms with Crippen LogP contribution in [0.25, 0.3) is 11.1 Å². The Balaban J connectivity index is 2.75. The first-order valence-electron chi connectivity index (χ1n) is 5.57. The summed E-state index contributed by atoms with van der Waals surface area (Å²) in [6, 6.07) is 2.77. The van der Waals surface area contributed by atoms with Crippen molar-refractivity contribution in [3.05, 3.63) is 34.3 Å². The van der Waals surface area contributed by atoms with Gasteiger partial charge in [0.25, 0.3) is 0 Å². The molecule has 1 heterocycles. The number of hydrogen-bond acceptors (Lipinski definition) is 4. The lowest BCUT2D eigenvalue weighted by molar-refractivity contribution is -0.141. The highest BCUT2D eigenvalue weighted by atomic mass is 16.4. The van der Waals surface area contributed by atoms with Crippen molar-refractivity contribution < 1.29 is 24.2 Å². The van der Waals surface area contributed by atoms with E-state index in [4.69, 9.17) is 14.6 Å². The van der Waals surface area contributed by atoms with Crippen molar-refractivity contribution in [2.75, 3.05) is 0 Å². The van der Waals surface area contributed by atoms with Gasteiger partial charge < -0.3 is 14.6 Å². The number of nitrogens with zero attached hydrogens (tertiary/aromatic N) is 1. The number of carboxylic acid groups (broad SMARTS) is 2. The fourth-order valence-corrected chi connectivity index (χ4v) is 1.93. The second-order valence-corrected chi connectivity index (χ2v) is 3.99. The third-order valence-corrected chi connectivity index (χ3v) is 2.84. The zero-order valence-electron chi connectivity index (χ0n) is 9.99. The van der Waals surface area contributed by atoms with E-state index in [0.29, 0.717) is 0 Å². The summed E-state index contributed by atoms with van der Waals surface area (Å²) < 4.78 is 5.88. The zero-order valence-corrected chi connectivity index (χ0v) is 9.99. The third kappa shape index (κ3) is 2.10. The monoisotopic (exact) mass is 265 g/mol. The van der Waals surface area contributed by atoms with Gasteiger partial charge in [0.05, 0.1) is 11.1 Å². The van der Waals surface area contributed by atoms with Gasteiger partial charge in [0.2, 0.25) is 0 Å². The molecule has 2 N–H and O–H groups in total. The molecule has 1 unspecified atom stereocenters. The van der Waals surface area contributed by atoms with Crippen LogP contribution in [0.4, 0.5) is 0 Å². The molecule has 0 saturated carbocycles. The maximum Gasteiger partial charge on any atom is 0.420 e. The maximum atomic E-state index is 11.7. The van der Waals surface area contributed by atoms with Crippen molar-refractivity contribution in [1.82, 2.24) is 4.57 Å². The van der Waals surface area contributed by atoms with Gasteiger partial charge in [0.1, 0.15) is 6.04 Å². The smallest absolute Gasteiger partial charge is 0.420 e. The Hall–Kier alpha value is -2.57. The molecule has 0 spiro atoms. The highest BCUT2D eigenvalue weighted by molar-refractivity contribution is 5.92. The molecule has 0 fully saturated rings. The van der Waals surface area contributed by atoms with Gasteiger partial charge in [0.15, 0.2) is 5.58 Å². The van der Waals surface area contributed by atoms with Crippen LogP contribution < -0.4 is 5.76 Å². The molecule has 7 nitrogen and oxygen atoms in total. The largest absolute Gasteiger partial charge is 0.480 e. The molecule has 1 aromatic heterocycles. The van der Waals surface area contributed by atoms with E-state index >= 15 is 0 Å². The van der Waals surface area contributed by atoms with E-state index in [2.05, 4.69) is 0 Å². The number of carbonyl (C=O) groups is 2. The molecule has 1 aromatic carbocycles. The predicted molar refractivity (Wildman–Crippen MR) is 64.4 cm³/mol. The van der Waals surface area contributed by atoms with Crippen molar-refractivity contribution in [2.24, 2.45) is 0 Å². The Bertz CT molecular complexity index is 711. The molecule has 0 radical (unpaired) electrons. The molecule has 0 aliphatic carbocycles. The van der Waals surface area contributed by atoms with Crippen molar-refractivity contribution in [1.29, 1.82) is 0 Å². The molecule has 2 aromatic rings. The predicted octanol–water partition coefficient (Wildman–Crippen LogP) is 1.33. The number of oxazole rings is 1. The summed E-state index contributed by atoms with van der Waals surface area (Å²) in [5, 5.41) is 18.0. The molecule has 0 amide bonds. The highest BCUT2D eigenvalue weighted by Gasteiger charge is 2.24. The van der Waals surface area contributed by atoms with Gasteiger partial charge in [-0.1, -0.05) is 6.92 Å². The van der Waals surface area contributed by atoms with E-state index in [1.54, 1.807) is 6.92 Å². The van der Waals surface area contributed by atoms with Crippen LogP contribution in [0.15, 0.2) is 27.4 Å². The SMILES string of the molecule is CCC(C(=O)O)n1c(=O)oc2ccc(C(=O)O)cc21. The van der Waals surface area contributed by atoms with Crippen molar-refractivity contribution in [2.45, 2.75) is 19.4 Å². The topological polar surface area (TPSA) is 110 Å². The number of benzene rings is 1. The Morgan fingerprint density at radius 2 is 2.05 bits per heavy atom. The lowest BCUT2D eigenvalue weighted by atomic mass is 10.1. The molecule has 100 valence electrons. The van der Waals surface area contributed by atoms with E-state index in [9.17, 15) is 14.4 Å². The average molecular weight is 265 g/mol. The summed E-state index contributed by atoms with van der Waals surface area (Å²) in [5.74, 6) is -3.15. The van der Waals surface area contributed by atoms with E-state index < -0.39 is 23.7 Å². The number of hydrogen-bond donors (Lipinski definition) is 2. The molecule has 7 heteroatoms. The zero-order chi connectivity index (χ0) is 14.2. The summed E-state index contributed by atoms with van der Waals surface area (Å²) in [6.07, 6.45) is 0.182. The van der Waals surface area contributed by atoms with Crippen LogP contribution in [0.1, 0.15) is 29.7 Å². The third-order valence-electron chi connectivity index (χ3n) is 2.84. The van der Waals surface area contributed by atoms with Crippen LogP contribution in [0.2, 0.25) is 0 Å². The van der Waals surface area contributed by atoms with Crippen molar-refractivity contribution in [3.63, 3.8) is 0 Å². The number of aromatic carboxylic acids is 1. The number of aromatic nitrogens is 1. The summed E-state index contributed by atoms with van der Waals surface area (Å²) in [5.41, 5.74) is 0.288. The molecular weight excluding hydrogens is 254 g/mol. The van der Waals surface area contributed by atoms with Gasteiger partial charge in [0, 0.05) is 0 Å². The lowest BCUT2D eigenvalue weighted by Crippen LogP contribution is -2.26. The van der Waals surface area contributed by atoms with Gasteiger partial charge in [-0.3, -0.25) is 4.57 Å². The van der Waals surface area contributed by atoms with Gasteiger partial charge in [-0.15, -0.1) is 0 Å². The Kier molecular flexibility index (Phi) is 3.12. The van der Waals surface area contributed by atoms with Gasteiger partial charge in [-0.25, -0.2) is 14.4 Å². The second-order valence-electron chi connectivity index (χ2n) is 3.99. The first-order valence-corrected chi connectivity index (χ1v) is 5.57. The van der Waals surface area contributed by atoms with Crippen LogP contribution in [0, 0.1) is 0 Å². The Morgan fingerprint density at radius 3 is 2.58 bits per heavy atom. The van der Waals surface area contributed by atoms with E-state index in [1.807, 2.05) is 0 Å². The van der Waals surface area contributed by atoms with Crippen LogP contribution in [-0.2, 0) is 4.79 Å². The fourth-order valence-electron chi connectivity index (χ4n) is 1.93. The van der Waals surface area contributed by atoms with Crippen LogP contribution in [0.5, 0.6) is 0 Å². The maximum absolute atomic E-state index is 11.7. The van der Waals surface area contributed by atoms with E-state index in [1.165, 1.54) is 18.2 Å². The average Bonchev–Trinajstić information content (AvgIpc) is 2.66. The van der Waals surface area contributed by atoms with Gasteiger partial charge in [-0.2, -0.15) is 0 Å². The first kappa shape index (κ1) is 12.9. The van der Waals surface area contributed by atoms with E-state index in [-0.39, 0.29) is 23.1 Å². The number of carboxylic acids is 2. The molecule has 0 saturated heterocycles. The molecule has 0 bridgehead atoms. The number of fused-ring (bicyclic) bond motifs is 1. The lowest BCUT2D eigenvalue weighted by Gasteiger charge is -2.10. The molecular formula is C12H11NO6. The van der Waals surface area contributed by atoms with E-state index in [0.717, 1.165) is 4.57 Å². The summed E-state index contributed by atoms with van der Waals surface area (Å²) in [6.45, 7) is 1.62. The molecule has 1 atom stereocenters. The Labute approximate surface area is 106 Å².